The van der Waals surface area contributed by atoms with Crippen LogP contribution in [-0.4, -0.2) is 9.79 Å². The minimum absolute atomic E-state index is 0.169. The van der Waals surface area contributed by atoms with Crippen LogP contribution in [0.25, 0.3) is 0 Å². The Morgan fingerprint density at radius 3 is 1.61 bits per heavy atom. The maximum Gasteiger partial charge on any atom is 0.329 e. The molecular formula is C24H32F5O3P. The van der Waals surface area contributed by atoms with Gasteiger partial charge in [-0.1, -0.05) is 58.9 Å². The van der Waals surface area contributed by atoms with Gasteiger partial charge >= 0.3 is 7.60 Å². The van der Waals surface area contributed by atoms with Crippen molar-refractivity contribution in [3.63, 3.8) is 0 Å². The Labute approximate surface area is 192 Å². The lowest BCUT2D eigenvalue weighted by Crippen LogP contribution is -2.12. The van der Waals surface area contributed by atoms with Crippen molar-refractivity contribution in [3.8, 4) is 0 Å². The first-order valence-corrected chi connectivity index (χ1v) is 12.4. The van der Waals surface area contributed by atoms with Gasteiger partial charge in [0.1, 0.15) is 0 Å². The van der Waals surface area contributed by atoms with E-state index in [1.54, 1.807) is 12.1 Å². The molecule has 9 heteroatoms. The van der Waals surface area contributed by atoms with Crippen molar-refractivity contribution in [2.45, 2.75) is 66.5 Å². The van der Waals surface area contributed by atoms with E-state index in [0.717, 1.165) is 12.8 Å². The van der Waals surface area contributed by atoms with Gasteiger partial charge in [0.05, 0.1) is 6.16 Å². The summed E-state index contributed by atoms with van der Waals surface area (Å²) in [5.41, 5.74) is 0.932. The Hall–Kier alpha value is -1.76. The van der Waals surface area contributed by atoms with Gasteiger partial charge in [-0.05, 0) is 48.1 Å². The van der Waals surface area contributed by atoms with Crippen LogP contribution in [0.5, 0.6) is 0 Å². The molecule has 2 N–H and O–H groups in total. The molecule has 0 aromatic heterocycles. The molecule has 0 heterocycles. The molecule has 0 aliphatic rings. The summed E-state index contributed by atoms with van der Waals surface area (Å²) in [4.78, 5) is 17.7. The molecular weight excluding hydrogens is 462 g/mol. The third-order valence-electron chi connectivity index (χ3n) is 4.85. The Morgan fingerprint density at radius 1 is 0.788 bits per heavy atom. The minimum Gasteiger partial charge on any atom is -0.324 e. The molecule has 2 aromatic carbocycles. The maximum absolute atomic E-state index is 13.3. The smallest absolute Gasteiger partial charge is 0.324 e. The summed E-state index contributed by atoms with van der Waals surface area (Å²) in [6.45, 7) is 9.82. The van der Waals surface area contributed by atoms with Crippen molar-refractivity contribution in [3.05, 3.63) is 70.0 Å². The molecule has 2 rings (SSSR count). The Bertz CT molecular complexity index is 935. The first-order chi connectivity index (χ1) is 15.0. The maximum atomic E-state index is 13.3. The predicted molar refractivity (Wildman–Crippen MR) is 119 cm³/mol. The second kappa shape index (κ2) is 12.1. The van der Waals surface area contributed by atoms with E-state index >= 15 is 0 Å². The zero-order valence-corrected chi connectivity index (χ0v) is 20.5. The van der Waals surface area contributed by atoms with Crippen LogP contribution in [0, 0.1) is 40.4 Å². The van der Waals surface area contributed by atoms with Crippen LogP contribution in [0.3, 0.4) is 0 Å². The monoisotopic (exact) mass is 494 g/mol. The predicted octanol–water partition coefficient (Wildman–Crippen LogP) is 7.31. The lowest BCUT2D eigenvalue weighted by atomic mass is 9.88. The number of hydrogen-bond donors (Lipinski definition) is 2. The molecule has 3 nitrogen and oxygen atoms in total. The molecule has 0 bridgehead atoms. The SMILES string of the molecule is CC(C)(C)CCc1c(F)c(F)c(F)c(F)c1F.CC(C)CCc1ccc(CP(=O)(O)O)cc1. The number of aryl methyl sites for hydroxylation is 1. The van der Waals surface area contributed by atoms with Crippen LogP contribution in [0.2, 0.25) is 0 Å². The first-order valence-electron chi connectivity index (χ1n) is 10.6. The van der Waals surface area contributed by atoms with Gasteiger partial charge in [-0.3, -0.25) is 4.57 Å². The number of halogens is 5. The summed E-state index contributed by atoms with van der Waals surface area (Å²) in [7, 11) is -3.93. The summed E-state index contributed by atoms with van der Waals surface area (Å²) in [5, 5.41) is 0. The standard InChI is InChI=1S/C12H13F5.C12H19O3P/c1-12(2,3)5-4-6-7(13)9(15)11(17)10(16)8(6)14;1-10(2)3-4-11-5-7-12(8-6-11)9-16(13,14)15/h4-5H2,1-3H3;5-8,10H,3-4,9H2,1-2H3,(H2,13,14,15). The molecule has 0 saturated carbocycles. The summed E-state index contributed by atoms with van der Waals surface area (Å²) < 4.78 is 75.8. The van der Waals surface area contributed by atoms with E-state index in [-0.39, 0.29) is 18.0 Å². The van der Waals surface area contributed by atoms with Crippen molar-refractivity contribution in [1.29, 1.82) is 0 Å². The molecule has 0 aliphatic heterocycles. The highest BCUT2D eigenvalue weighted by Crippen LogP contribution is 2.39. The van der Waals surface area contributed by atoms with E-state index in [4.69, 9.17) is 9.79 Å². The fourth-order valence-corrected chi connectivity index (χ4v) is 3.56. The van der Waals surface area contributed by atoms with Crippen molar-refractivity contribution in [2.24, 2.45) is 11.3 Å². The summed E-state index contributed by atoms with van der Waals surface area (Å²) in [6.07, 6.45) is 2.13. The Kier molecular flexibility index (Phi) is 10.7. The molecule has 0 atom stereocenters. The lowest BCUT2D eigenvalue weighted by Gasteiger charge is -2.18. The molecule has 186 valence electrons. The highest BCUT2D eigenvalue weighted by Gasteiger charge is 2.26. The topological polar surface area (TPSA) is 57.5 Å². The summed E-state index contributed by atoms with van der Waals surface area (Å²) >= 11 is 0. The van der Waals surface area contributed by atoms with Gasteiger partial charge in [0.2, 0.25) is 5.82 Å². The Morgan fingerprint density at radius 2 is 1.21 bits per heavy atom. The lowest BCUT2D eigenvalue weighted by molar-refractivity contribution is 0.347. The van der Waals surface area contributed by atoms with E-state index in [1.807, 2.05) is 32.9 Å². The van der Waals surface area contributed by atoms with Crippen molar-refractivity contribution >= 4 is 7.60 Å². The van der Waals surface area contributed by atoms with Crippen LogP contribution < -0.4 is 0 Å². The summed E-state index contributed by atoms with van der Waals surface area (Å²) in [6, 6.07) is 7.50. The highest BCUT2D eigenvalue weighted by atomic mass is 31.2. The second-order valence-electron chi connectivity index (χ2n) is 9.68. The van der Waals surface area contributed by atoms with E-state index in [0.29, 0.717) is 17.9 Å². The molecule has 0 unspecified atom stereocenters. The van der Waals surface area contributed by atoms with Crippen LogP contribution in [0.4, 0.5) is 22.0 Å². The third kappa shape index (κ3) is 10.4. The van der Waals surface area contributed by atoms with Gasteiger partial charge in [-0.25, -0.2) is 22.0 Å². The molecule has 0 amide bonds. The number of rotatable bonds is 7. The molecule has 0 radical (unpaired) electrons. The molecule has 0 saturated heterocycles. The van der Waals surface area contributed by atoms with Crippen LogP contribution in [-0.2, 0) is 23.6 Å². The average molecular weight is 494 g/mol. The first kappa shape index (κ1) is 29.3. The van der Waals surface area contributed by atoms with E-state index < -0.39 is 42.2 Å². The molecule has 0 fully saturated rings. The molecule has 0 aliphatic carbocycles. The van der Waals surface area contributed by atoms with Gasteiger partial charge in [0.15, 0.2) is 23.3 Å². The van der Waals surface area contributed by atoms with Gasteiger partial charge in [-0.2, -0.15) is 0 Å². The van der Waals surface area contributed by atoms with Gasteiger partial charge < -0.3 is 9.79 Å². The van der Waals surface area contributed by atoms with Gasteiger partial charge in [0.25, 0.3) is 0 Å². The normalized spacial score (nSPS) is 12.0. The van der Waals surface area contributed by atoms with Crippen molar-refractivity contribution < 1.29 is 36.3 Å². The zero-order valence-electron chi connectivity index (χ0n) is 19.6. The van der Waals surface area contributed by atoms with Crippen molar-refractivity contribution in [2.75, 3.05) is 0 Å². The van der Waals surface area contributed by atoms with Gasteiger partial charge in [0, 0.05) is 5.56 Å². The van der Waals surface area contributed by atoms with Crippen molar-refractivity contribution in [1.82, 2.24) is 0 Å². The van der Waals surface area contributed by atoms with Crippen LogP contribution >= 0.6 is 7.60 Å². The minimum atomic E-state index is -3.93. The molecule has 2 aromatic rings. The highest BCUT2D eigenvalue weighted by molar-refractivity contribution is 7.50. The second-order valence-corrected chi connectivity index (χ2v) is 11.3. The molecule has 0 spiro atoms. The van der Waals surface area contributed by atoms with E-state index in [1.165, 1.54) is 5.56 Å². The zero-order chi connectivity index (χ0) is 25.6. The average Bonchev–Trinajstić information content (AvgIpc) is 2.69. The molecule has 33 heavy (non-hydrogen) atoms. The third-order valence-corrected chi connectivity index (χ3v) is 5.62. The van der Waals surface area contributed by atoms with Gasteiger partial charge in [-0.15, -0.1) is 0 Å². The van der Waals surface area contributed by atoms with E-state index in [2.05, 4.69) is 13.8 Å². The Balaban J connectivity index is 0.000000331. The van der Waals surface area contributed by atoms with Crippen LogP contribution in [0.1, 0.15) is 64.2 Å². The largest absolute Gasteiger partial charge is 0.329 e. The number of hydrogen-bond acceptors (Lipinski definition) is 1. The quantitative estimate of drug-likeness (QED) is 0.184. The van der Waals surface area contributed by atoms with Crippen LogP contribution in [0.15, 0.2) is 24.3 Å². The fraction of sp³-hybridized carbons (Fsp3) is 0.500. The number of benzene rings is 2. The summed E-state index contributed by atoms with van der Waals surface area (Å²) in [5.74, 6) is -8.66. The fourth-order valence-electron chi connectivity index (χ4n) is 2.87. The van der Waals surface area contributed by atoms with E-state index in [9.17, 15) is 26.5 Å².